The first-order valence-electron chi connectivity index (χ1n) is 10.6. The van der Waals surface area contributed by atoms with E-state index in [1.165, 1.54) is 12.1 Å². The molecule has 1 N–H and O–H groups in total. The first-order valence-corrected chi connectivity index (χ1v) is 10.6. The van der Waals surface area contributed by atoms with Gasteiger partial charge in [-0.15, -0.1) is 0 Å². The second-order valence-electron chi connectivity index (χ2n) is 8.88. The predicted molar refractivity (Wildman–Crippen MR) is 108 cm³/mol. The van der Waals surface area contributed by atoms with E-state index in [1.54, 1.807) is 41.3 Å². The molecule has 1 aliphatic carbocycles. The molecule has 0 aromatic heterocycles. The van der Waals surface area contributed by atoms with Crippen molar-refractivity contribution in [3.63, 3.8) is 0 Å². The van der Waals surface area contributed by atoms with Crippen molar-refractivity contribution < 1.29 is 18.4 Å². The zero-order chi connectivity index (χ0) is 20.9. The maximum absolute atomic E-state index is 14.7. The minimum Gasteiger partial charge on any atom is -0.348 e. The zero-order valence-electron chi connectivity index (χ0n) is 16.7. The van der Waals surface area contributed by atoms with Crippen LogP contribution < -0.4 is 5.32 Å². The topological polar surface area (TPSA) is 49.4 Å². The van der Waals surface area contributed by atoms with Crippen LogP contribution in [-0.4, -0.2) is 35.3 Å². The van der Waals surface area contributed by atoms with Crippen LogP contribution in [0, 0.1) is 11.6 Å². The molecule has 0 radical (unpaired) electrons. The lowest BCUT2D eigenvalue weighted by Crippen LogP contribution is -2.56. The molecule has 2 atom stereocenters. The minimum absolute atomic E-state index is 0.0628. The number of piperidine rings is 1. The van der Waals surface area contributed by atoms with Crippen LogP contribution in [0.2, 0.25) is 0 Å². The Morgan fingerprint density at radius 3 is 2.37 bits per heavy atom. The Morgan fingerprint density at radius 1 is 1.00 bits per heavy atom. The van der Waals surface area contributed by atoms with E-state index in [0.717, 1.165) is 0 Å². The monoisotopic (exact) mass is 410 g/mol. The maximum Gasteiger partial charge on any atom is 0.233 e. The highest BCUT2D eigenvalue weighted by atomic mass is 19.1. The van der Waals surface area contributed by atoms with Crippen molar-refractivity contribution in [3.05, 3.63) is 71.3 Å². The number of amides is 2. The quantitative estimate of drug-likeness (QED) is 0.840. The van der Waals surface area contributed by atoms with Crippen LogP contribution in [-0.2, 0) is 15.0 Å². The molecule has 0 bridgehead atoms. The third-order valence-electron chi connectivity index (χ3n) is 7.07. The number of nitrogens with zero attached hydrogens (tertiary/aromatic N) is 1. The van der Waals surface area contributed by atoms with Gasteiger partial charge in [0.2, 0.25) is 11.8 Å². The predicted octanol–water partition coefficient (Wildman–Crippen LogP) is 3.66. The number of carbonyl (C=O) groups excluding carboxylic acids is 2. The number of benzene rings is 2. The molecule has 2 aromatic carbocycles. The molecule has 1 saturated carbocycles. The average Bonchev–Trinajstić information content (AvgIpc) is 3.46. The molecule has 30 heavy (non-hydrogen) atoms. The second kappa shape index (κ2) is 6.89. The standard InChI is InChI=1S/C24H24F2N2O2/c25-19-8-3-1-6-16(19)18-14-28(15-24(18)11-5-10-21(29)27-24)22(30)23(12-13-23)17-7-2-4-9-20(17)26/h1-4,6-9,18H,5,10-15H2,(H,27,29)/t18-,24+/m0/s1. The third-order valence-corrected chi connectivity index (χ3v) is 7.07. The number of hydrogen-bond donors (Lipinski definition) is 1. The molecule has 4 nitrogen and oxygen atoms in total. The number of nitrogens with one attached hydrogen (secondary N) is 1. The third kappa shape index (κ3) is 2.92. The van der Waals surface area contributed by atoms with Gasteiger partial charge in [-0.2, -0.15) is 0 Å². The van der Waals surface area contributed by atoms with E-state index in [0.29, 0.717) is 56.3 Å². The SMILES string of the molecule is O=C1CCC[C@]2(CN(C(=O)C3(c4ccccc4F)CC3)C[C@H]2c2ccccc2F)N1. The molecule has 1 spiro atoms. The zero-order valence-corrected chi connectivity index (χ0v) is 16.7. The van der Waals surface area contributed by atoms with E-state index >= 15 is 0 Å². The second-order valence-corrected chi connectivity index (χ2v) is 8.88. The maximum atomic E-state index is 14.7. The number of halogens is 2. The molecule has 3 fully saturated rings. The van der Waals surface area contributed by atoms with Gasteiger partial charge in [0.15, 0.2) is 0 Å². The van der Waals surface area contributed by atoms with Gasteiger partial charge >= 0.3 is 0 Å². The van der Waals surface area contributed by atoms with Gasteiger partial charge in [-0.05, 0) is 43.4 Å². The fourth-order valence-corrected chi connectivity index (χ4v) is 5.44. The number of rotatable bonds is 3. The summed E-state index contributed by atoms with van der Waals surface area (Å²) in [6.07, 6.45) is 3.05. The van der Waals surface area contributed by atoms with Crippen molar-refractivity contribution >= 4 is 11.8 Å². The largest absolute Gasteiger partial charge is 0.348 e. The first-order chi connectivity index (χ1) is 14.5. The molecule has 2 saturated heterocycles. The minimum atomic E-state index is -0.838. The Labute approximate surface area is 174 Å². The molecular weight excluding hydrogens is 386 g/mol. The summed E-state index contributed by atoms with van der Waals surface area (Å²) in [5.41, 5.74) is -0.565. The van der Waals surface area contributed by atoms with Crippen LogP contribution in [0.15, 0.2) is 48.5 Å². The lowest BCUT2D eigenvalue weighted by molar-refractivity contribution is -0.134. The van der Waals surface area contributed by atoms with E-state index < -0.39 is 11.0 Å². The van der Waals surface area contributed by atoms with E-state index in [-0.39, 0.29) is 29.4 Å². The van der Waals surface area contributed by atoms with Gasteiger partial charge in [-0.3, -0.25) is 9.59 Å². The van der Waals surface area contributed by atoms with E-state index in [4.69, 9.17) is 0 Å². The van der Waals surface area contributed by atoms with Gasteiger partial charge in [0.05, 0.1) is 11.0 Å². The van der Waals surface area contributed by atoms with Gasteiger partial charge in [0, 0.05) is 31.0 Å². The Kier molecular flexibility index (Phi) is 4.42. The highest BCUT2D eigenvalue weighted by Crippen LogP contribution is 2.52. The molecule has 2 aliphatic heterocycles. The average molecular weight is 410 g/mol. The fourth-order valence-electron chi connectivity index (χ4n) is 5.44. The summed E-state index contributed by atoms with van der Waals surface area (Å²) in [6.45, 7) is 0.642. The molecule has 0 unspecified atom stereocenters. The molecule has 2 heterocycles. The van der Waals surface area contributed by atoms with Crippen LogP contribution in [0.25, 0.3) is 0 Å². The van der Waals surface area contributed by atoms with Crippen molar-refractivity contribution in [3.8, 4) is 0 Å². The summed E-state index contributed by atoms with van der Waals surface area (Å²) in [5, 5.41) is 3.10. The Balaban J connectivity index is 1.50. The van der Waals surface area contributed by atoms with Gasteiger partial charge in [-0.1, -0.05) is 36.4 Å². The van der Waals surface area contributed by atoms with Crippen molar-refractivity contribution in [2.24, 2.45) is 0 Å². The van der Waals surface area contributed by atoms with E-state index in [2.05, 4.69) is 5.32 Å². The number of carbonyl (C=O) groups is 2. The van der Waals surface area contributed by atoms with Crippen LogP contribution >= 0.6 is 0 Å². The Bertz CT molecular complexity index is 1020. The summed E-state index contributed by atoms with van der Waals surface area (Å²) in [6, 6.07) is 13.0. The lowest BCUT2D eigenvalue weighted by atomic mass is 9.76. The van der Waals surface area contributed by atoms with Crippen molar-refractivity contribution in [2.45, 2.75) is 49.0 Å². The van der Waals surface area contributed by atoms with Crippen LogP contribution in [0.1, 0.15) is 49.1 Å². The summed E-state index contributed by atoms with van der Waals surface area (Å²) in [4.78, 5) is 27.6. The summed E-state index contributed by atoms with van der Waals surface area (Å²) in [7, 11) is 0. The van der Waals surface area contributed by atoms with Crippen molar-refractivity contribution in [1.82, 2.24) is 10.2 Å². The molecule has 6 heteroatoms. The molecular formula is C24H24F2N2O2. The smallest absolute Gasteiger partial charge is 0.233 e. The highest BCUT2D eigenvalue weighted by molar-refractivity contribution is 5.92. The fraction of sp³-hybridized carbons (Fsp3) is 0.417. The first kappa shape index (κ1) is 19.2. The molecule has 156 valence electrons. The van der Waals surface area contributed by atoms with Crippen molar-refractivity contribution in [1.29, 1.82) is 0 Å². The molecule has 2 aromatic rings. The van der Waals surface area contributed by atoms with Crippen LogP contribution in [0.5, 0.6) is 0 Å². The van der Waals surface area contributed by atoms with Crippen LogP contribution in [0.3, 0.4) is 0 Å². The molecule has 5 rings (SSSR count). The van der Waals surface area contributed by atoms with Crippen molar-refractivity contribution in [2.75, 3.05) is 13.1 Å². The Hall–Kier alpha value is -2.76. The Morgan fingerprint density at radius 2 is 1.70 bits per heavy atom. The van der Waals surface area contributed by atoms with Gasteiger partial charge in [-0.25, -0.2) is 8.78 Å². The van der Waals surface area contributed by atoms with E-state index in [1.807, 2.05) is 0 Å². The summed E-state index contributed by atoms with van der Waals surface area (Å²) < 4.78 is 29.2. The van der Waals surface area contributed by atoms with Gasteiger partial charge in [0.25, 0.3) is 0 Å². The molecule has 3 aliphatic rings. The summed E-state index contributed by atoms with van der Waals surface area (Å²) in [5.74, 6) is -1.21. The molecule has 2 amide bonds. The number of hydrogen-bond acceptors (Lipinski definition) is 2. The van der Waals surface area contributed by atoms with E-state index in [9.17, 15) is 18.4 Å². The van der Waals surface area contributed by atoms with Crippen LogP contribution in [0.4, 0.5) is 8.78 Å². The van der Waals surface area contributed by atoms with Gasteiger partial charge < -0.3 is 10.2 Å². The lowest BCUT2D eigenvalue weighted by Gasteiger charge is -2.39. The van der Waals surface area contributed by atoms with Gasteiger partial charge in [0.1, 0.15) is 11.6 Å². The highest BCUT2D eigenvalue weighted by Gasteiger charge is 2.59. The summed E-state index contributed by atoms with van der Waals surface area (Å²) >= 11 is 0. The normalized spacial score (nSPS) is 27.2. The number of likely N-dealkylation sites (tertiary alicyclic amines) is 1.